The van der Waals surface area contributed by atoms with E-state index < -0.39 is 0 Å². The van der Waals surface area contributed by atoms with Gasteiger partial charge in [0, 0.05) is 23.9 Å². The number of anilines is 1. The first kappa shape index (κ1) is 18.4. The highest BCUT2D eigenvalue weighted by atomic mass is 16.5. The van der Waals surface area contributed by atoms with E-state index in [2.05, 4.69) is 20.4 Å². The van der Waals surface area contributed by atoms with Crippen molar-refractivity contribution in [1.82, 2.24) is 25.1 Å². The van der Waals surface area contributed by atoms with Crippen molar-refractivity contribution in [1.29, 1.82) is 0 Å². The molecule has 0 aliphatic carbocycles. The molecule has 0 bridgehead atoms. The Morgan fingerprint density at radius 1 is 1.26 bits per heavy atom. The summed E-state index contributed by atoms with van der Waals surface area (Å²) in [7, 11) is 1.55. The van der Waals surface area contributed by atoms with Crippen LogP contribution in [0, 0.1) is 0 Å². The van der Waals surface area contributed by atoms with Crippen molar-refractivity contribution in [3.05, 3.63) is 54.2 Å². The summed E-state index contributed by atoms with van der Waals surface area (Å²) in [6.45, 7) is 4.55. The lowest BCUT2D eigenvalue weighted by atomic mass is 10.1. The number of ether oxygens (including phenoxy) is 1. The highest BCUT2D eigenvalue weighted by Crippen LogP contribution is 2.32. The fourth-order valence-electron chi connectivity index (χ4n) is 2.86. The van der Waals surface area contributed by atoms with Crippen LogP contribution in [0.25, 0.3) is 11.3 Å². The Bertz CT molecular complexity index is 936. The van der Waals surface area contributed by atoms with Crippen molar-refractivity contribution < 1.29 is 9.53 Å². The maximum atomic E-state index is 12.5. The molecule has 0 spiro atoms. The van der Waals surface area contributed by atoms with Crippen molar-refractivity contribution in [2.24, 2.45) is 0 Å². The molecule has 1 atom stereocenters. The Morgan fingerprint density at radius 2 is 2.00 bits per heavy atom. The number of rotatable bonds is 6. The van der Waals surface area contributed by atoms with Gasteiger partial charge in [-0.05, 0) is 32.0 Å². The van der Waals surface area contributed by atoms with Crippen molar-refractivity contribution in [3.63, 3.8) is 0 Å². The summed E-state index contributed by atoms with van der Waals surface area (Å²) < 4.78 is 7.10. The van der Waals surface area contributed by atoms with Crippen LogP contribution in [0.1, 0.15) is 36.1 Å². The molecular weight excluding hydrogens is 344 g/mol. The second kappa shape index (κ2) is 7.86. The second-order valence-electron chi connectivity index (χ2n) is 5.99. The maximum absolute atomic E-state index is 12.5. The number of pyridine rings is 1. The number of hydrogen-bond donors (Lipinski definition) is 2. The number of benzene rings is 1. The van der Waals surface area contributed by atoms with Crippen LogP contribution in [0.2, 0.25) is 0 Å². The normalized spacial score (nSPS) is 11.8. The third kappa shape index (κ3) is 3.74. The zero-order valence-corrected chi connectivity index (χ0v) is 15.5. The van der Waals surface area contributed by atoms with E-state index in [1.807, 2.05) is 26.0 Å². The van der Waals surface area contributed by atoms with Crippen LogP contribution in [-0.2, 0) is 6.54 Å². The minimum atomic E-state index is -0.254. The number of nitrogens with two attached hydrogens (primary N) is 1. The Labute approximate surface area is 157 Å². The quantitative estimate of drug-likeness (QED) is 0.694. The largest absolute Gasteiger partial charge is 0.492 e. The average Bonchev–Trinajstić information content (AvgIpc) is 3.17. The summed E-state index contributed by atoms with van der Waals surface area (Å²) in [6, 6.07) is 8.55. The molecule has 0 aliphatic heterocycles. The number of nitrogen functional groups attached to an aromatic ring is 1. The number of nitrogens with zero attached hydrogens (tertiary/aromatic N) is 4. The zero-order valence-electron chi connectivity index (χ0n) is 15.5. The van der Waals surface area contributed by atoms with Crippen LogP contribution in [0.15, 0.2) is 42.9 Å². The standard InChI is InChI=1S/C19H22N6O2/c1-4-25-18(22-11-23-25)12(2)24-19(26)14-7-5-13(6-8-14)16-17(27-3)15(20)9-10-21-16/h5-12H,4H2,1-3H3,(H2,20,21)(H,24,26)/t12-/m1/s1. The number of aromatic nitrogens is 4. The van der Waals surface area contributed by atoms with Crippen molar-refractivity contribution >= 4 is 11.6 Å². The van der Waals surface area contributed by atoms with Crippen LogP contribution in [0.5, 0.6) is 5.75 Å². The molecule has 3 aromatic rings. The molecule has 1 amide bonds. The van der Waals surface area contributed by atoms with Crippen molar-refractivity contribution in [2.75, 3.05) is 12.8 Å². The van der Waals surface area contributed by atoms with Gasteiger partial charge < -0.3 is 15.8 Å². The molecule has 8 nitrogen and oxygen atoms in total. The molecule has 3 rings (SSSR count). The molecule has 0 fully saturated rings. The molecule has 0 aliphatic rings. The monoisotopic (exact) mass is 366 g/mol. The third-order valence-electron chi connectivity index (χ3n) is 4.24. The number of methoxy groups -OCH3 is 1. The van der Waals surface area contributed by atoms with E-state index in [9.17, 15) is 4.79 Å². The molecule has 0 saturated heterocycles. The van der Waals surface area contributed by atoms with Gasteiger partial charge >= 0.3 is 0 Å². The third-order valence-corrected chi connectivity index (χ3v) is 4.24. The van der Waals surface area contributed by atoms with Gasteiger partial charge in [-0.3, -0.25) is 9.78 Å². The average molecular weight is 366 g/mol. The summed E-state index contributed by atoms with van der Waals surface area (Å²) in [5.74, 6) is 1.05. The van der Waals surface area contributed by atoms with Gasteiger partial charge in [0.05, 0.1) is 18.8 Å². The number of aryl methyl sites for hydroxylation is 1. The molecule has 27 heavy (non-hydrogen) atoms. The van der Waals surface area contributed by atoms with Crippen LogP contribution in [0.4, 0.5) is 5.69 Å². The lowest BCUT2D eigenvalue weighted by molar-refractivity contribution is 0.0937. The molecule has 140 valence electrons. The summed E-state index contributed by atoms with van der Waals surface area (Å²) in [5, 5.41) is 7.07. The highest BCUT2D eigenvalue weighted by Gasteiger charge is 2.17. The van der Waals surface area contributed by atoms with E-state index >= 15 is 0 Å². The smallest absolute Gasteiger partial charge is 0.251 e. The molecule has 0 unspecified atom stereocenters. The zero-order chi connectivity index (χ0) is 19.4. The predicted octanol–water partition coefficient (Wildman–Crippen LogP) is 2.44. The number of hydrogen-bond acceptors (Lipinski definition) is 6. The molecule has 2 aromatic heterocycles. The van der Waals surface area contributed by atoms with Crippen LogP contribution >= 0.6 is 0 Å². The topological polar surface area (TPSA) is 108 Å². The van der Waals surface area contributed by atoms with E-state index in [1.54, 1.807) is 36.2 Å². The summed E-state index contributed by atoms with van der Waals surface area (Å²) >= 11 is 0. The van der Waals surface area contributed by atoms with Crippen LogP contribution in [-0.4, -0.2) is 32.8 Å². The highest BCUT2D eigenvalue weighted by molar-refractivity contribution is 5.95. The van der Waals surface area contributed by atoms with E-state index in [4.69, 9.17) is 10.5 Å². The molecule has 2 heterocycles. The molecule has 1 aromatic carbocycles. The Hall–Kier alpha value is -3.42. The fraction of sp³-hybridized carbons (Fsp3) is 0.263. The van der Waals surface area contributed by atoms with E-state index in [-0.39, 0.29) is 11.9 Å². The second-order valence-corrected chi connectivity index (χ2v) is 5.99. The predicted molar refractivity (Wildman–Crippen MR) is 102 cm³/mol. The first-order chi connectivity index (χ1) is 13.0. The molecule has 3 N–H and O–H groups in total. The van der Waals surface area contributed by atoms with Gasteiger partial charge in [-0.25, -0.2) is 9.67 Å². The summed E-state index contributed by atoms with van der Waals surface area (Å²) in [4.78, 5) is 21.1. The molecular formula is C19H22N6O2. The number of carbonyl (C=O) groups is 1. The summed E-state index contributed by atoms with van der Waals surface area (Å²) in [6.07, 6.45) is 3.11. The first-order valence-corrected chi connectivity index (χ1v) is 8.62. The van der Waals surface area contributed by atoms with Crippen molar-refractivity contribution in [2.45, 2.75) is 26.4 Å². The maximum Gasteiger partial charge on any atom is 0.251 e. The molecule has 0 saturated carbocycles. The Balaban J connectivity index is 1.77. The van der Waals surface area contributed by atoms with Gasteiger partial charge in [0.2, 0.25) is 0 Å². The van der Waals surface area contributed by atoms with E-state index in [0.717, 1.165) is 11.4 Å². The molecule has 8 heteroatoms. The summed E-state index contributed by atoms with van der Waals surface area (Å²) in [5.41, 5.74) is 8.43. The van der Waals surface area contributed by atoms with E-state index in [1.165, 1.54) is 6.33 Å². The van der Waals surface area contributed by atoms with Gasteiger partial charge in [-0.15, -0.1) is 0 Å². The van der Waals surface area contributed by atoms with Gasteiger partial charge in [-0.2, -0.15) is 5.10 Å². The number of carbonyl (C=O) groups excluding carboxylic acids is 1. The van der Waals surface area contributed by atoms with Gasteiger partial charge in [0.25, 0.3) is 5.91 Å². The lowest BCUT2D eigenvalue weighted by Gasteiger charge is -2.14. The lowest BCUT2D eigenvalue weighted by Crippen LogP contribution is -2.28. The van der Waals surface area contributed by atoms with Gasteiger partial charge in [0.1, 0.15) is 17.8 Å². The van der Waals surface area contributed by atoms with Crippen LogP contribution in [0.3, 0.4) is 0 Å². The van der Waals surface area contributed by atoms with Crippen LogP contribution < -0.4 is 15.8 Å². The minimum absolute atomic E-state index is 0.188. The first-order valence-electron chi connectivity index (χ1n) is 8.62. The number of amides is 1. The fourth-order valence-corrected chi connectivity index (χ4v) is 2.86. The van der Waals surface area contributed by atoms with E-state index in [0.29, 0.717) is 29.2 Å². The van der Waals surface area contributed by atoms with Crippen molar-refractivity contribution in [3.8, 4) is 17.0 Å². The molecule has 0 radical (unpaired) electrons. The Morgan fingerprint density at radius 3 is 2.67 bits per heavy atom. The Kier molecular flexibility index (Phi) is 5.35. The SMILES string of the molecule is CCn1ncnc1[C@@H](C)NC(=O)c1ccc(-c2nccc(N)c2OC)cc1. The minimum Gasteiger partial charge on any atom is -0.492 e. The van der Waals surface area contributed by atoms with Gasteiger partial charge in [0.15, 0.2) is 5.75 Å². The number of nitrogens with one attached hydrogen (secondary N) is 1. The van der Waals surface area contributed by atoms with Gasteiger partial charge in [-0.1, -0.05) is 12.1 Å².